The van der Waals surface area contributed by atoms with Gasteiger partial charge in [0.1, 0.15) is 0 Å². The van der Waals surface area contributed by atoms with Gasteiger partial charge in [-0.2, -0.15) is 4.98 Å². The van der Waals surface area contributed by atoms with E-state index in [0.29, 0.717) is 23.3 Å². The lowest BCUT2D eigenvalue weighted by molar-refractivity contribution is -0.127. The first-order chi connectivity index (χ1) is 11.7. The molecule has 1 aromatic heterocycles. The number of benzene rings is 1. The number of rotatable bonds is 4. The van der Waals surface area contributed by atoms with Crippen LogP contribution in [0, 0.1) is 0 Å². The van der Waals surface area contributed by atoms with E-state index in [4.69, 9.17) is 16.1 Å². The number of hydrogen-bond donors (Lipinski definition) is 0. The molecule has 1 saturated heterocycles. The molecule has 126 valence electrons. The van der Waals surface area contributed by atoms with E-state index in [1.54, 1.807) is 12.2 Å². The van der Waals surface area contributed by atoms with Crippen LogP contribution in [0.1, 0.15) is 43.0 Å². The van der Waals surface area contributed by atoms with Crippen molar-refractivity contribution in [3.8, 4) is 0 Å². The highest BCUT2D eigenvalue weighted by Gasteiger charge is 2.27. The van der Waals surface area contributed by atoms with Gasteiger partial charge in [-0.3, -0.25) is 4.79 Å². The summed E-state index contributed by atoms with van der Waals surface area (Å²) in [5.74, 6) is 1.45. The van der Waals surface area contributed by atoms with E-state index in [1.165, 1.54) is 0 Å². The van der Waals surface area contributed by atoms with Crippen molar-refractivity contribution >= 4 is 23.6 Å². The molecular formula is C18H20ClN3O2. The molecule has 3 rings (SSSR count). The van der Waals surface area contributed by atoms with E-state index in [2.05, 4.69) is 10.1 Å². The van der Waals surface area contributed by atoms with Gasteiger partial charge in [-0.1, -0.05) is 41.9 Å². The molecule has 0 saturated carbocycles. The third-order valence-electron chi connectivity index (χ3n) is 4.19. The summed E-state index contributed by atoms with van der Waals surface area (Å²) in [5.41, 5.74) is 0.838. The molecule has 6 heteroatoms. The minimum absolute atomic E-state index is 0.0187. The molecule has 1 fully saturated rings. The van der Waals surface area contributed by atoms with Crippen LogP contribution in [-0.2, 0) is 11.2 Å². The highest BCUT2D eigenvalue weighted by atomic mass is 35.5. The number of aromatic nitrogens is 2. The van der Waals surface area contributed by atoms with Crippen LogP contribution in [0.15, 0.2) is 34.9 Å². The Kier molecular flexibility index (Phi) is 5.30. The fourth-order valence-electron chi connectivity index (χ4n) is 2.83. The Hall–Kier alpha value is -2.14. The summed E-state index contributed by atoms with van der Waals surface area (Å²) in [5, 5.41) is 4.58. The lowest BCUT2D eigenvalue weighted by atomic mass is 9.98. The van der Waals surface area contributed by atoms with Crippen LogP contribution in [-0.4, -0.2) is 34.0 Å². The first kappa shape index (κ1) is 16.7. The molecule has 1 amide bonds. The maximum atomic E-state index is 12.5. The van der Waals surface area contributed by atoms with Crippen LogP contribution >= 0.6 is 11.6 Å². The topological polar surface area (TPSA) is 59.2 Å². The van der Waals surface area contributed by atoms with E-state index in [9.17, 15) is 4.79 Å². The third-order valence-corrected chi connectivity index (χ3v) is 4.54. The molecule has 1 atom stereocenters. The quantitative estimate of drug-likeness (QED) is 0.793. The van der Waals surface area contributed by atoms with Crippen molar-refractivity contribution < 1.29 is 9.32 Å². The second-order valence-corrected chi connectivity index (χ2v) is 6.29. The van der Waals surface area contributed by atoms with Crippen LogP contribution in [0.4, 0.5) is 0 Å². The van der Waals surface area contributed by atoms with Gasteiger partial charge in [-0.25, -0.2) is 0 Å². The number of piperidine rings is 1. The predicted octanol–water partition coefficient (Wildman–Crippen LogP) is 3.70. The fourth-order valence-corrected chi connectivity index (χ4v) is 3.03. The van der Waals surface area contributed by atoms with Crippen molar-refractivity contribution in [2.75, 3.05) is 13.1 Å². The van der Waals surface area contributed by atoms with Gasteiger partial charge in [-0.15, -0.1) is 0 Å². The summed E-state index contributed by atoms with van der Waals surface area (Å²) < 4.78 is 5.33. The molecule has 2 aromatic rings. The van der Waals surface area contributed by atoms with E-state index >= 15 is 0 Å². The summed E-state index contributed by atoms with van der Waals surface area (Å²) in [6.45, 7) is 3.35. The van der Waals surface area contributed by atoms with Gasteiger partial charge in [0.05, 0.1) is 5.92 Å². The standard InChI is InChI=1S/C18H20ClN3O2/c1-2-16-20-18(24-21-16)14-7-5-11-22(12-14)17(23)10-9-13-6-3-4-8-15(13)19/h3-4,6,8-10,14H,2,5,7,11-12H2,1H3/b10-9+. The van der Waals surface area contributed by atoms with Gasteiger partial charge < -0.3 is 9.42 Å². The summed E-state index contributed by atoms with van der Waals surface area (Å²) in [7, 11) is 0. The Morgan fingerprint density at radius 2 is 2.29 bits per heavy atom. The van der Waals surface area contributed by atoms with Crippen molar-refractivity contribution in [2.45, 2.75) is 32.1 Å². The molecule has 0 N–H and O–H groups in total. The number of likely N-dealkylation sites (tertiary alicyclic amines) is 1. The zero-order valence-electron chi connectivity index (χ0n) is 13.6. The second kappa shape index (κ2) is 7.62. The van der Waals surface area contributed by atoms with E-state index in [0.717, 1.165) is 31.4 Å². The summed E-state index contributed by atoms with van der Waals surface area (Å²) in [4.78, 5) is 18.7. The maximum absolute atomic E-state index is 12.5. The first-order valence-corrected chi connectivity index (χ1v) is 8.59. The van der Waals surface area contributed by atoms with Gasteiger partial charge in [0, 0.05) is 30.6 Å². The molecule has 1 aromatic carbocycles. The highest BCUT2D eigenvalue weighted by molar-refractivity contribution is 6.32. The third kappa shape index (κ3) is 3.85. The van der Waals surface area contributed by atoms with Crippen LogP contribution in [0.2, 0.25) is 5.02 Å². The van der Waals surface area contributed by atoms with E-state index < -0.39 is 0 Å². The van der Waals surface area contributed by atoms with Gasteiger partial charge in [0.25, 0.3) is 0 Å². The zero-order chi connectivity index (χ0) is 16.9. The predicted molar refractivity (Wildman–Crippen MR) is 92.7 cm³/mol. The molecule has 0 aliphatic carbocycles. The monoisotopic (exact) mass is 345 g/mol. The normalized spacial score (nSPS) is 18.2. The molecular weight excluding hydrogens is 326 g/mol. The molecule has 24 heavy (non-hydrogen) atoms. The summed E-state index contributed by atoms with van der Waals surface area (Å²) in [6.07, 6.45) is 5.98. The minimum Gasteiger partial charge on any atom is -0.339 e. The summed E-state index contributed by atoms with van der Waals surface area (Å²) in [6, 6.07) is 7.46. The summed E-state index contributed by atoms with van der Waals surface area (Å²) >= 11 is 6.11. The maximum Gasteiger partial charge on any atom is 0.246 e. The molecule has 5 nitrogen and oxygen atoms in total. The molecule has 1 unspecified atom stereocenters. The minimum atomic E-state index is -0.0187. The van der Waals surface area contributed by atoms with Gasteiger partial charge in [0.2, 0.25) is 11.8 Å². The van der Waals surface area contributed by atoms with Crippen molar-refractivity contribution in [3.63, 3.8) is 0 Å². The molecule has 0 spiro atoms. The van der Waals surface area contributed by atoms with Crippen LogP contribution in [0.5, 0.6) is 0 Å². The molecule has 1 aliphatic rings. The van der Waals surface area contributed by atoms with Crippen molar-refractivity contribution in [2.24, 2.45) is 0 Å². The Morgan fingerprint density at radius 1 is 1.46 bits per heavy atom. The number of carbonyl (C=O) groups excluding carboxylic acids is 1. The Balaban J connectivity index is 1.65. The van der Waals surface area contributed by atoms with Crippen LogP contribution in [0.25, 0.3) is 6.08 Å². The van der Waals surface area contributed by atoms with Gasteiger partial charge in [0.15, 0.2) is 5.82 Å². The average molecular weight is 346 g/mol. The highest BCUT2D eigenvalue weighted by Crippen LogP contribution is 2.26. The zero-order valence-corrected chi connectivity index (χ0v) is 14.4. The van der Waals surface area contributed by atoms with E-state index in [1.807, 2.05) is 36.1 Å². The van der Waals surface area contributed by atoms with Crippen molar-refractivity contribution in [1.29, 1.82) is 0 Å². The lowest BCUT2D eigenvalue weighted by Gasteiger charge is -2.30. The smallest absolute Gasteiger partial charge is 0.246 e. The van der Waals surface area contributed by atoms with Gasteiger partial charge >= 0.3 is 0 Å². The fraction of sp³-hybridized carbons (Fsp3) is 0.389. The van der Waals surface area contributed by atoms with Crippen molar-refractivity contribution in [1.82, 2.24) is 15.0 Å². The number of halogens is 1. The Bertz CT molecular complexity index is 741. The Morgan fingerprint density at radius 3 is 3.04 bits per heavy atom. The molecule has 1 aliphatic heterocycles. The first-order valence-electron chi connectivity index (χ1n) is 8.21. The molecule has 0 bridgehead atoms. The number of nitrogens with zero attached hydrogens (tertiary/aromatic N) is 3. The molecule has 2 heterocycles. The second-order valence-electron chi connectivity index (χ2n) is 5.88. The van der Waals surface area contributed by atoms with Crippen LogP contribution in [0.3, 0.4) is 0 Å². The number of carbonyl (C=O) groups is 1. The number of hydrogen-bond acceptors (Lipinski definition) is 4. The number of aryl methyl sites for hydroxylation is 1. The average Bonchev–Trinajstić information content (AvgIpc) is 3.10. The number of amides is 1. The largest absolute Gasteiger partial charge is 0.339 e. The molecule has 0 radical (unpaired) electrons. The lowest BCUT2D eigenvalue weighted by Crippen LogP contribution is -2.38. The van der Waals surface area contributed by atoms with Crippen molar-refractivity contribution in [3.05, 3.63) is 52.6 Å². The van der Waals surface area contributed by atoms with E-state index in [-0.39, 0.29) is 11.8 Å². The van der Waals surface area contributed by atoms with Crippen LogP contribution < -0.4 is 0 Å². The SMILES string of the molecule is CCc1noc(C2CCCN(C(=O)/C=C/c3ccccc3Cl)C2)n1. The Labute approximate surface area is 146 Å². The van der Waals surface area contributed by atoms with Gasteiger partial charge in [-0.05, 0) is 30.5 Å².